The van der Waals surface area contributed by atoms with Gasteiger partial charge in [0.25, 0.3) is 5.91 Å². The highest BCUT2D eigenvalue weighted by Gasteiger charge is 2.62. The maximum Gasteiger partial charge on any atom is 0.410 e. The van der Waals surface area contributed by atoms with E-state index in [1.807, 2.05) is 39.8 Å². The molecule has 292 valence electrons. The van der Waals surface area contributed by atoms with Crippen molar-refractivity contribution < 1.29 is 41.9 Å². The van der Waals surface area contributed by atoms with Gasteiger partial charge < -0.3 is 19.7 Å². The van der Waals surface area contributed by atoms with E-state index < -0.39 is 74.1 Å². The van der Waals surface area contributed by atoms with Gasteiger partial charge in [0.2, 0.25) is 21.8 Å². The van der Waals surface area contributed by atoms with Crippen LogP contribution in [0.25, 0.3) is 0 Å². The third-order valence-electron chi connectivity index (χ3n) is 11.9. The molecular formula is C39H56N4O9S. The normalized spacial score (nSPS) is 29.6. The minimum atomic E-state index is -3.87. The molecule has 2 N–H and O–H groups in total. The number of nitrogens with one attached hydrogen (secondary N) is 2. The van der Waals surface area contributed by atoms with E-state index in [2.05, 4.69) is 30.0 Å². The van der Waals surface area contributed by atoms with Crippen molar-refractivity contribution in [3.05, 3.63) is 34.9 Å². The second kappa shape index (κ2) is 14.5. The Morgan fingerprint density at radius 1 is 1.04 bits per heavy atom. The van der Waals surface area contributed by atoms with Crippen molar-refractivity contribution in [2.24, 2.45) is 22.7 Å². The van der Waals surface area contributed by atoms with Crippen LogP contribution < -0.4 is 10.0 Å². The van der Waals surface area contributed by atoms with Gasteiger partial charge in [-0.1, -0.05) is 72.6 Å². The zero-order valence-corrected chi connectivity index (χ0v) is 32.8. The third-order valence-corrected chi connectivity index (χ3v) is 13.7. The molecule has 0 unspecified atom stereocenters. The van der Waals surface area contributed by atoms with E-state index in [4.69, 9.17) is 9.47 Å². The highest BCUT2D eigenvalue weighted by molar-refractivity contribution is 7.91. The molecule has 0 aromatic heterocycles. The number of carbonyl (C=O) groups is 5. The third kappa shape index (κ3) is 8.52. The summed E-state index contributed by atoms with van der Waals surface area (Å²) in [5.74, 6) is -3.55. The van der Waals surface area contributed by atoms with E-state index in [1.165, 1.54) is 10.5 Å². The zero-order chi connectivity index (χ0) is 38.5. The van der Waals surface area contributed by atoms with Crippen LogP contribution in [0.15, 0.2) is 18.2 Å². The Morgan fingerprint density at radius 3 is 2.42 bits per heavy atom. The van der Waals surface area contributed by atoms with Gasteiger partial charge in [-0.2, -0.15) is 0 Å². The van der Waals surface area contributed by atoms with Crippen molar-refractivity contribution >= 4 is 39.8 Å². The number of ether oxygens (including phenoxy) is 2. The Hall–Kier alpha value is -3.68. The maximum atomic E-state index is 14.6. The molecule has 0 spiro atoms. The molecule has 2 saturated carbocycles. The molecule has 13 nitrogen and oxygen atoms in total. The smallest absolute Gasteiger partial charge is 0.410 e. The molecule has 1 aromatic rings. The van der Waals surface area contributed by atoms with Crippen LogP contribution in [0.2, 0.25) is 0 Å². The first-order valence-corrected chi connectivity index (χ1v) is 20.8. The Kier molecular flexibility index (Phi) is 10.7. The van der Waals surface area contributed by atoms with Crippen LogP contribution in [-0.4, -0.2) is 84.1 Å². The number of sulfonamides is 1. The quantitative estimate of drug-likeness (QED) is 0.401. The number of cyclic esters (lactones) is 1. The monoisotopic (exact) mass is 756 g/mol. The number of fused-ring (bicyclic) bond motifs is 3. The lowest BCUT2D eigenvalue weighted by Crippen LogP contribution is -2.57. The Balaban J connectivity index is 1.28. The van der Waals surface area contributed by atoms with Gasteiger partial charge >= 0.3 is 12.1 Å². The van der Waals surface area contributed by atoms with Gasteiger partial charge in [0.15, 0.2) is 0 Å². The number of hydrogen-bond donors (Lipinski definition) is 2. The fraction of sp³-hybridized carbons (Fsp3) is 0.718. The summed E-state index contributed by atoms with van der Waals surface area (Å²) in [6.07, 6.45) is 3.68. The molecule has 0 radical (unpaired) electrons. The van der Waals surface area contributed by atoms with E-state index in [1.54, 1.807) is 4.90 Å². The van der Waals surface area contributed by atoms with Crippen molar-refractivity contribution in [1.82, 2.24) is 19.8 Å². The van der Waals surface area contributed by atoms with Crippen molar-refractivity contribution in [3.63, 3.8) is 0 Å². The minimum Gasteiger partial charge on any atom is -0.465 e. The summed E-state index contributed by atoms with van der Waals surface area (Å²) in [5.41, 5.74) is 0.935. The Bertz CT molecular complexity index is 1750. The molecule has 2 aliphatic carbocycles. The summed E-state index contributed by atoms with van der Waals surface area (Å²) in [6, 6.07) is 4.98. The molecule has 4 amide bonds. The average molecular weight is 757 g/mol. The number of nitrogens with zero attached hydrogens (tertiary/aromatic N) is 2. The van der Waals surface area contributed by atoms with Crippen LogP contribution in [0.4, 0.5) is 4.79 Å². The first-order valence-electron chi connectivity index (χ1n) is 19.2. The lowest BCUT2D eigenvalue weighted by atomic mass is 9.77. The number of rotatable bonds is 6. The van der Waals surface area contributed by atoms with Gasteiger partial charge in [0.05, 0.1) is 30.7 Å². The summed E-state index contributed by atoms with van der Waals surface area (Å²) >= 11 is 0. The summed E-state index contributed by atoms with van der Waals surface area (Å²) in [7, 11) is -3.87. The van der Waals surface area contributed by atoms with Crippen LogP contribution in [0.1, 0.15) is 116 Å². The van der Waals surface area contributed by atoms with Gasteiger partial charge in [-0.3, -0.25) is 28.8 Å². The first kappa shape index (κ1) is 39.0. The van der Waals surface area contributed by atoms with Gasteiger partial charge in [-0.05, 0) is 72.0 Å². The van der Waals surface area contributed by atoms with E-state index in [9.17, 15) is 32.4 Å². The molecule has 3 aliphatic heterocycles. The van der Waals surface area contributed by atoms with E-state index in [0.29, 0.717) is 32.4 Å². The largest absolute Gasteiger partial charge is 0.465 e. The molecule has 4 bridgehead atoms. The SMILES string of the molecule is CC[C@H]1C[C@]1(NC(=O)[C@@H]1C[C@@H]2CN1C(=O)[C@H](C(C)(C)C)CC(=O)OCC(C)(C)CCCCc1cccc3c1CN(C3)C(=O)O2)C(=O)NS(=O)(=O)C1CC1. The van der Waals surface area contributed by atoms with Gasteiger partial charge in [0.1, 0.15) is 17.7 Å². The van der Waals surface area contributed by atoms with Gasteiger partial charge in [0, 0.05) is 19.5 Å². The van der Waals surface area contributed by atoms with Crippen LogP contribution in [-0.2, 0) is 58.2 Å². The predicted octanol–water partition coefficient (Wildman–Crippen LogP) is 4.35. The fourth-order valence-corrected chi connectivity index (χ4v) is 9.56. The van der Waals surface area contributed by atoms with E-state index in [-0.39, 0.29) is 43.7 Å². The minimum absolute atomic E-state index is 0.0281. The van der Waals surface area contributed by atoms with Crippen molar-refractivity contribution in [3.8, 4) is 0 Å². The number of aryl methyl sites for hydroxylation is 1. The molecular weight excluding hydrogens is 701 g/mol. The van der Waals surface area contributed by atoms with Gasteiger partial charge in [-0.25, -0.2) is 13.2 Å². The Labute approximate surface area is 313 Å². The highest BCUT2D eigenvalue weighted by Crippen LogP contribution is 2.47. The summed E-state index contributed by atoms with van der Waals surface area (Å²) in [5, 5.41) is 2.23. The van der Waals surface area contributed by atoms with Crippen LogP contribution in [0.3, 0.4) is 0 Å². The van der Waals surface area contributed by atoms with Gasteiger partial charge in [-0.15, -0.1) is 0 Å². The zero-order valence-electron chi connectivity index (χ0n) is 32.0. The number of benzene rings is 1. The van der Waals surface area contributed by atoms with Crippen LogP contribution in [0, 0.1) is 22.7 Å². The molecule has 1 aromatic carbocycles. The van der Waals surface area contributed by atoms with Crippen molar-refractivity contribution in [2.75, 3.05) is 13.2 Å². The lowest BCUT2D eigenvalue weighted by Gasteiger charge is -2.35. The number of hydrogen-bond acceptors (Lipinski definition) is 9. The number of amides is 4. The molecule has 3 heterocycles. The fourth-order valence-electron chi connectivity index (χ4n) is 8.20. The standard InChI is InChI=1S/C39H56N4O9S/c1-7-26-19-39(26,35(47)41-53(49,50)28-14-15-28)40-33(45)31-17-27-21-43(31)34(46)30(37(2,3)4)18-32(44)51-23-38(5,6)16-9-8-11-24-12-10-13-25-20-42(22-29(24)25)36(48)52-27/h10,12-13,26-28,30-31H,7-9,11,14-23H2,1-6H3,(H,40,45)(H,41,47)/t26-,27+,30+,31-,39+/m0/s1. The maximum absolute atomic E-state index is 14.6. The second-order valence-corrected chi connectivity index (χ2v) is 19.7. The molecule has 5 atom stereocenters. The molecule has 14 heteroatoms. The molecule has 5 aliphatic rings. The number of carbonyl (C=O) groups excluding carboxylic acids is 5. The number of esters is 1. The molecule has 3 fully saturated rings. The molecule has 53 heavy (non-hydrogen) atoms. The second-order valence-electron chi connectivity index (χ2n) is 17.8. The molecule has 6 rings (SSSR count). The van der Waals surface area contributed by atoms with E-state index in [0.717, 1.165) is 36.8 Å². The average Bonchev–Trinajstić information content (AvgIpc) is 3.97. The van der Waals surface area contributed by atoms with Crippen LogP contribution >= 0.6 is 0 Å². The van der Waals surface area contributed by atoms with Crippen molar-refractivity contribution in [2.45, 2.75) is 142 Å². The molecule has 1 saturated heterocycles. The summed E-state index contributed by atoms with van der Waals surface area (Å²) in [6.45, 7) is 12.4. The lowest BCUT2D eigenvalue weighted by molar-refractivity contribution is -0.155. The summed E-state index contributed by atoms with van der Waals surface area (Å²) < 4.78 is 39.4. The topological polar surface area (TPSA) is 168 Å². The van der Waals surface area contributed by atoms with Crippen LogP contribution in [0.5, 0.6) is 0 Å². The van der Waals surface area contributed by atoms with Crippen molar-refractivity contribution in [1.29, 1.82) is 0 Å². The van der Waals surface area contributed by atoms with E-state index >= 15 is 0 Å². The summed E-state index contributed by atoms with van der Waals surface area (Å²) in [4.78, 5) is 72.4. The predicted molar refractivity (Wildman–Crippen MR) is 195 cm³/mol. The first-order chi connectivity index (χ1) is 24.8. The Morgan fingerprint density at radius 2 is 1.75 bits per heavy atom. The highest BCUT2D eigenvalue weighted by atomic mass is 32.2.